The molecular formula is C15H16N2O4S. The molecule has 6 nitrogen and oxygen atoms in total. The second kappa shape index (κ2) is 6.30. The lowest BCUT2D eigenvalue weighted by molar-refractivity contribution is -0.145. The molecule has 2 atom stereocenters. The average molecular weight is 320 g/mol. The fraction of sp³-hybridized carbons (Fsp3) is 0.333. The molecule has 0 unspecified atom stereocenters. The Morgan fingerprint density at radius 2 is 2.00 bits per heavy atom. The van der Waals surface area contributed by atoms with Crippen LogP contribution in [0.4, 0.5) is 0 Å². The Balaban J connectivity index is 2.52. The molecule has 2 rings (SSSR count). The van der Waals surface area contributed by atoms with Crippen molar-refractivity contribution in [3.8, 4) is 6.07 Å². The Kier molecular flexibility index (Phi) is 4.64. The maximum Gasteiger partial charge on any atom is 0.324 e. The van der Waals surface area contributed by atoms with Gasteiger partial charge in [0.2, 0.25) is 10.0 Å². The first-order valence-electron chi connectivity index (χ1n) is 6.66. The van der Waals surface area contributed by atoms with Crippen LogP contribution in [0.2, 0.25) is 0 Å². The van der Waals surface area contributed by atoms with Crippen LogP contribution >= 0.6 is 0 Å². The highest BCUT2D eigenvalue weighted by molar-refractivity contribution is 7.89. The van der Waals surface area contributed by atoms with Crippen molar-refractivity contribution in [1.82, 2.24) is 4.31 Å². The summed E-state index contributed by atoms with van der Waals surface area (Å²) in [5, 5.41) is 9.23. The lowest BCUT2D eigenvalue weighted by atomic mass is 10.1. The van der Waals surface area contributed by atoms with Gasteiger partial charge in [-0.2, -0.15) is 9.57 Å². The van der Waals surface area contributed by atoms with Crippen molar-refractivity contribution in [1.29, 1.82) is 5.26 Å². The van der Waals surface area contributed by atoms with Crippen LogP contribution in [0, 0.1) is 18.3 Å². The first-order chi connectivity index (χ1) is 10.4. The van der Waals surface area contributed by atoms with Crippen LogP contribution in [0.25, 0.3) is 0 Å². The van der Waals surface area contributed by atoms with Crippen LogP contribution in [0.3, 0.4) is 0 Å². The predicted molar refractivity (Wildman–Crippen MR) is 79.2 cm³/mol. The molecule has 1 aliphatic heterocycles. The Labute approximate surface area is 129 Å². The van der Waals surface area contributed by atoms with Crippen LogP contribution < -0.4 is 0 Å². The van der Waals surface area contributed by atoms with Crippen LogP contribution in [-0.4, -0.2) is 37.9 Å². The van der Waals surface area contributed by atoms with Crippen LogP contribution in [0.5, 0.6) is 0 Å². The third kappa shape index (κ3) is 2.89. The number of ether oxygens (including phenoxy) is 1. The van der Waals surface area contributed by atoms with E-state index in [-0.39, 0.29) is 11.3 Å². The van der Waals surface area contributed by atoms with Crippen molar-refractivity contribution in [2.75, 3.05) is 7.11 Å². The zero-order valence-electron chi connectivity index (χ0n) is 12.3. The summed E-state index contributed by atoms with van der Waals surface area (Å²) >= 11 is 0. The number of aryl methyl sites for hydroxylation is 1. The van der Waals surface area contributed by atoms with E-state index in [1.165, 1.54) is 25.3 Å². The molecule has 0 aromatic heterocycles. The molecule has 0 saturated carbocycles. The lowest BCUT2D eigenvalue weighted by Gasteiger charge is -2.33. The summed E-state index contributed by atoms with van der Waals surface area (Å²) in [5.74, 6) is -0.680. The normalized spacial score (nSPS) is 22.0. The molecular weight excluding hydrogens is 304 g/mol. The van der Waals surface area contributed by atoms with E-state index in [2.05, 4.69) is 4.74 Å². The van der Waals surface area contributed by atoms with E-state index in [1.807, 2.05) is 13.0 Å². The summed E-state index contributed by atoms with van der Waals surface area (Å²) < 4.78 is 31.3. The Hall–Kier alpha value is -2.17. The van der Waals surface area contributed by atoms with Gasteiger partial charge < -0.3 is 4.74 Å². The van der Waals surface area contributed by atoms with Gasteiger partial charge in [0.25, 0.3) is 0 Å². The Morgan fingerprint density at radius 3 is 2.55 bits per heavy atom. The summed E-state index contributed by atoms with van der Waals surface area (Å²) in [5.41, 5.74) is 0.916. The first-order valence-corrected chi connectivity index (χ1v) is 8.10. The predicted octanol–water partition coefficient (Wildman–Crippen LogP) is 1.38. The fourth-order valence-corrected chi connectivity index (χ4v) is 3.95. The SMILES string of the molecule is COC(=O)[C@@H]1CC=C[C@H](C#N)N1S(=O)(=O)c1ccc(C)cc1. The fourth-order valence-electron chi connectivity index (χ4n) is 2.30. The second-order valence-corrected chi connectivity index (χ2v) is 6.77. The van der Waals surface area contributed by atoms with E-state index in [1.54, 1.807) is 18.2 Å². The summed E-state index contributed by atoms with van der Waals surface area (Å²) in [4.78, 5) is 11.9. The van der Waals surface area contributed by atoms with Crippen LogP contribution in [-0.2, 0) is 19.6 Å². The topological polar surface area (TPSA) is 87.5 Å². The smallest absolute Gasteiger partial charge is 0.324 e. The number of nitrogens with zero attached hydrogens (tertiary/aromatic N) is 2. The minimum atomic E-state index is -3.99. The van der Waals surface area contributed by atoms with E-state index in [0.717, 1.165) is 9.87 Å². The van der Waals surface area contributed by atoms with Crippen LogP contribution in [0.15, 0.2) is 41.3 Å². The molecule has 1 aromatic rings. The van der Waals surface area contributed by atoms with Crippen molar-refractivity contribution in [3.63, 3.8) is 0 Å². The highest BCUT2D eigenvalue weighted by Gasteiger charge is 2.42. The average Bonchev–Trinajstić information content (AvgIpc) is 2.53. The molecule has 0 bridgehead atoms. The number of hydrogen-bond acceptors (Lipinski definition) is 5. The van der Waals surface area contributed by atoms with E-state index in [4.69, 9.17) is 0 Å². The molecule has 1 aliphatic rings. The van der Waals surface area contributed by atoms with Gasteiger partial charge in [0.05, 0.1) is 18.1 Å². The molecule has 22 heavy (non-hydrogen) atoms. The number of esters is 1. The number of methoxy groups -OCH3 is 1. The number of carbonyl (C=O) groups is 1. The summed E-state index contributed by atoms with van der Waals surface area (Å²) in [6.45, 7) is 1.84. The molecule has 0 aliphatic carbocycles. The van der Waals surface area contributed by atoms with Gasteiger partial charge >= 0.3 is 5.97 Å². The van der Waals surface area contributed by atoms with E-state index in [0.29, 0.717) is 0 Å². The maximum atomic E-state index is 12.8. The van der Waals surface area contributed by atoms with Crippen molar-refractivity contribution in [3.05, 3.63) is 42.0 Å². The van der Waals surface area contributed by atoms with Gasteiger partial charge in [0.1, 0.15) is 12.1 Å². The molecule has 1 heterocycles. The van der Waals surface area contributed by atoms with Crippen molar-refractivity contribution < 1.29 is 17.9 Å². The highest BCUT2D eigenvalue weighted by atomic mass is 32.2. The zero-order valence-corrected chi connectivity index (χ0v) is 13.1. The maximum absolute atomic E-state index is 12.8. The molecule has 1 aromatic carbocycles. The number of carbonyl (C=O) groups excluding carboxylic acids is 1. The number of nitriles is 1. The lowest BCUT2D eigenvalue weighted by Crippen LogP contribution is -2.51. The van der Waals surface area contributed by atoms with Gasteiger partial charge in [-0.05, 0) is 25.5 Å². The molecule has 0 N–H and O–H groups in total. The summed E-state index contributed by atoms with van der Waals surface area (Å²) in [6, 6.07) is 6.09. The van der Waals surface area contributed by atoms with Gasteiger partial charge in [0.15, 0.2) is 0 Å². The molecule has 0 saturated heterocycles. The number of benzene rings is 1. The standard InChI is InChI=1S/C15H16N2O4S/c1-11-6-8-13(9-7-11)22(19,20)17-12(10-16)4-3-5-14(17)15(18)21-2/h3-4,6-9,12,14H,5H2,1-2H3/t12-,14+/m1/s1. The molecule has 0 amide bonds. The molecule has 0 spiro atoms. The van der Waals surface area contributed by atoms with Crippen molar-refractivity contribution in [2.45, 2.75) is 30.3 Å². The van der Waals surface area contributed by atoms with Gasteiger partial charge in [-0.1, -0.05) is 29.8 Å². The number of hydrogen-bond donors (Lipinski definition) is 0. The van der Waals surface area contributed by atoms with E-state index >= 15 is 0 Å². The minimum Gasteiger partial charge on any atom is -0.468 e. The quantitative estimate of drug-likeness (QED) is 0.620. The van der Waals surface area contributed by atoms with E-state index < -0.39 is 28.1 Å². The summed E-state index contributed by atoms with van der Waals surface area (Å²) in [6.07, 6.45) is 3.28. The second-order valence-electron chi connectivity index (χ2n) is 4.92. The third-order valence-electron chi connectivity index (χ3n) is 3.46. The Bertz CT molecular complexity index is 732. The molecule has 7 heteroatoms. The van der Waals surface area contributed by atoms with Gasteiger partial charge in [-0.15, -0.1) is 0 Å². The molecule has 116 valence electrons. The van der Waals surface area contributed by atoms with Crippen molar-refractivity contribution in [2.24, 2.45) is 0 Å². The van der Waals surface area contributed by atoms with Crippen LogP contribution in [0.1, 0.15) is 12.0 Å². The van der Waals surface area contributed by atoms with Gasteiger partial charge in [-0.25, -0.2) is 8.42 Å². The summed E-state index contributed by atoms with van der Waals surface area (Å²) in [7, 11) is -2.79. The minimum absolute atomic E-state index is 0.0440. The zero-order chi connectivity index (χ0) is 16.3. The Morgan fingerprint density at radius 1 is 1.36 bits per heavy atom. The monoisotopic (exact) mass is 320 g/mol. The van der Waals surface area contributed by atoms with Gasteiger partial charge in [0, 0.05) is 0 Å². The third-order valence-corrected chi connectivity index (χ3v) is 5.37. The highest BCUT2D eigenvalue weighted by Crippen LogP contribution is 2.27. The molecule has 0 fully saturated rings. The number of rotatable bonds is 3. The number of sulfonamides is 1. The molecule has 0 radical (unpaired) electrons. The first kappa shape index (κ1) is 16.2. The van der Waals surface area contributed by atoms with Gasteiger partial charge in [-0.3, -0.25) is 4.79 Å². The van der Waals surface area contributed by atoms with E-state index in [9.17, 15) is 18.5 Å². The largest absolute Gasteiger partial charge is 0.468 e. The van der Waals surface area contributed by atoms with Crippen molar-refractivity contribution >= 4 is 16.0 Å².